The molecule has 178 valence electrons. The lowest BCUT2D eigenvalue weighted by Crippen LogP contribution is -2.19. The molecule has 1 aromatic heterocycles. The maximum Gasteiger partial charge on any atom is 0.156 e. The molecule has 0 amide bonds. The molecule has 1 saturated carbocycles. The number of hydrogen-bond donors (Lipinski definition) is 4. The van der Waals surface area contributed by atoms with Gasteiger partial charge in [-0.25, -0.2) is 9.98 Å². The molecule has 4 N–H and O–H groups in total. The van der Waals surface area contributed by atoms with Crippen LogP contribution in [0.3, 0.4) is 0 Å². The predicted octanol–water partition coefficient (Wildman–Crippen LogP) is 4.87. The third-order valence-electron chi connectivity index (χ3n) is 6.16. The maximum atomic E-state index is 10.2. The summed E-state index contributed by atoms with van der Waals surface area (Å²) in [5.74, 6) is 1.99. The van der Waals surface area contributed by atoms with Crippen molar-refractivity contribution in [1.29, 1.82) is 5.41 Å². The molecule has 0 radical (unpaired) electrons. The highest BCUT2D eigenvalue weighted by Crippen LogP contribution is 2.37. The molecule has 0 bridgehead atoms. The van der Waals surface area contributed by atoms with Crippen LogP contribution in [0.1, 0.15) is 44.6 Å². The minimum Gasteiger partial charge on any atom is -0.393 e. The van der Waals surface area contributed by atoms with E-state index in [2.05, 4.69) is 32.5 Å². The first-order chi connectivity index (χ1) is 16.0. The normalized spacial score (nSPS) is 22.4. The van der Waals surface area contributed by atoms with Crippen molar-refractivity contribution >= 4 is 40.9 Å². The van der Waals surface area contributed by atoms with E-state index in [0.29, 0.717) is 47.3 Å². The fourth-order valence-electron chi connectivity index (χ4n) is 4.37. The van der Waals surface area contributed by atoms with Crippen molar-refractivity contribution in [2.75, 3.05) is 25.0 Å². The number of aromatic nitrogens is 1. The number of nitrogens with zero attached hydrogens (tertiary/aromatic N) is 3. The minimum absolute atomic E-state index is 0.178. The number of aliphatic hydroxyl groups is 1. The number of anilines is 1. The van der Waals surface area contributed by atoms with Crippen LogP contribution >= 0.6 is 11.6 Å². The average molecular weight is 471 g/mol. The minimum atomic E-state index is -0.178. The molecule has 1 aliphatic carbocycles. The van der Waals surface area contributed by atoms with Crippen LogP contribution < -0.4 is 10.6 Å². The first kappa shape index (κ1) is 25.1. The number of rotatable bonds is 12. The zero-order valence-electron chi connectivity index (χ0n) is 19.5. The van der Waals surface area contributed by atoms with Gasteiger partial charge in [0.2, 0.25) is 0 Å². The van der Waals surface area contributed by atoms with Crippen molar-refractivity contribution < 1.29 is 5.11 Å². The Morgan fingerprint density at radius 2 is 2.24 bits per heavy atom. The summed E-state index contributed by atoms with van der Waals surface area (Å²) < 4.78 is 0. The second-order valence-electron chi connectivity index (χ2n) is 8.69. The summed E-state index contributed by atoms with van der Waals surface area (Å²) in [4.78, 5) is 13.5. The zero-order chi connectivity index (χ0) is 23.6. The average Bonchev–Trinajstić information content (AvgIpc) is 3.43. The van der Waals surface area contributed by atoms with Crippen LogP contribution in [0.5, 0.6) is 0 Å². The van der Waals surface area contributed by atoms with Gasteiger partial charge in [-0.2, -0.15) is 0 Å². The lowest BCUT2D eigenvalue weighted by molar-refractivity contribution is 0.112. The molecule has 1 aliphatic heterocycles. The Labute approximate surface area is 201 Å². The molecule has 3 rings (SSSR count). The van der Waals surface area contributed by atoms with E-state index in [1.54, 1.807) is 12.3 Å². The number of aliphatic hydroxyl groups excluding tert-OH is 1. The summed E-state index contributed by atoms with van der Waals surface area (Å²) in [5.41, 5.74) is 2.32. The standard InChI is InChI=1S/C25H35ClN6O/c1-3-5-21-18(7-8-23(21)33)9-13-30-24-17(2)14-22(26)25(32-24)31-15-19(27)10-12-28-16-20-6-4-11-29-20/h4,6,10,12-14,18,21,23,27-28,33H,3,5,7-9,11,15-16H2,1-2H3,(H,31,32)/b12-10-,27-19?,30-13+/t18?,21-,23+/m1/s1. The van der Waals surface area contributed by atoms with Crippen LogP contribution in [0.25, 0.3) is 0 Å². The van der Waals surface area contributed by atoms with Crippen LogP contribution in [0, 0.1) is 24.2 Å². The molecule has 2 aliphatic rings. The Hall–Kier alpha value is -2.51. The molecule has 2 heterocycles. The van der Waals surface area contributed by atoms with Gasteiger partial charge >= 0.3 is 0 Å². The molecule has 3 atom stereocenters. The second kappa shape index (κ2) is 12.7. The fourth-order valence-corrected chi connectivity index (χ4v) is 4.64. The Morgan fingerprint density at radius 3 is 3.00 bits per heavy atom. The predicted molar refractivity (Wildman–Crippen MR) is 139 cm³/mol. The highest BCUT2D eigenvalue weighted by atomic mass is 35.5. The first-order valence-electron chi connectivity index (χ1n) is 11.8. The van der Waals surface area contributed by atoms with Crippen LogP contribution in [0.4, 0.5) is 11.6 Å². The van der Waals surface area contributed by atoms with Crippen LogP contribution in [-0.2, 0) is 0 Å². The second-order valence-corrected chi connectivity index (χ2v) is 9.10. The van der Waals surface area contributed by atoms with E-state index in [1.165, 1.54) is 0 Å². The van der Waals surface area contributed by atoms with Crippen molar-refractivity contribution in [1.82, 2.24) is 10.3 Å². The van der Waals surface area contributed by atoms with E-state index in [1.807, 2.05) is 31.4 Å². The number of aliphatic imine (C=N–C) groups is 2. The molecule has 33 heavy (non-hydrogen) atoms. The topological polar surface area (TPSA) is 106 Å². The van der Waals surface area contributed by atoms with Crippen LogP contribution in [-0.4, -0.2) is 53.5 Å². The molecule has 1 unspecified atom stereocenters. The van der Waals surface area contributed by atoms with Crippen molar-refractivity contribution in [3.05, 3.63) is 41.1 Å². The van der Waals surface area contributed by atoms with Gasteiger partial charge in [0.25, 0.3) is 0 Å². The fraction of sp³-hybridized carbons (Fsp3) is 0.520. The summed E-state index contributed by atoms with van der Waals surface area (Å²) in [5, 5.41) is 25.1. The van der Waals surface area contributed by atoms with Gasteiger partial charge < -0.3 is 21.1 Å². The molecule has 7 nitrogen and oxygen atoms in total. The van der Waals surface area contributed by atoms with Gasteiger partial charge in [0.15, 0.2) is 5.82 Å². The van der Waals surface area contributed by atoms with E-state index >= 15 is 0 Å². The third-order valence-corrected chi connectivity index (χ3v) is 6.45. The molecule has 0 aromatic carbocycles. The molecule has 1 aromatic rings. The lowest BCUT2D eigenvalue weighted by Gasteiger charge is -2.20. The highest BCUT2D eigenvalue weighted by Gasteiger charge is 2.33. The van der Waals surface area contributed by atoms with Gasteiger partial charge in [0.05, 0.1) is 42.2 Å². The Bertz CT molecular complexity index is 939. The highest BCUT2D eigenvalue weighted by molar-refractivity contribution is 6.33. The van der Waals surface area contributed by atoms with Gasteiger partial charge in [0.1, 0.15) is 5.82 Å². The summed E-state index contributed by atoms with van der Waals surface area (Å²) >= 11 is 6.37. The maximum absolute atomic E-state index is 10.2. The van der Waals surface area contributed by atoms with Crippen molar-refractivity contribution in [2.24, 2.45) is 21.8 Å². The molecule has 0 spiro atoms. The van der Waals surface area contributed by atoms with E-state index in [0.717, 1.165) is 49.9 Å². The summed E-state index contributed by atoms with van der Waals surface area (Å²) in [6.45, 7) is 5.81. The number of aryl methyl sites for hydroxylation is 1. The number of halogens is 1. The first-order valence-corrected chi connectivity index (χ1v) is 12.1. The number of hydrogen-bond acceptors (Lipinski definition) is 7. The van der Waals surface area contributed by atoms with Gasteiger partial charge in [-0.1, -0.05) is 31.0 Å². The summed E-state index contributed by atoms with van der Waals surface area (Å²) in [7, 11) is 0. The van der Waals surface area contributed by atoms with E-state index in [-0.39, 0.29) is 6.10 Å². The summed E-state index contributed by atoms with van der Waals surface area (Å²) in [6.07, 6.45) is 14.2. The van der Waals surface area contributed by atoms with Gasteiger partial charge in [0, 0.05) is 6.21 Å². The van der Waals surface area contributed by atoms with E-state index in [9.17, 15) is 5.11 Å². The van der Waals surface area contributed by atoms with Crippen LogP contribution in [0.2, 0.25) is 5.02 Å². The Kier molecular flexibility index (Phi) is 9.63. The third kappa shape index (κ3) is 7.51. The number of nitrogens with one attached hydrogen (secondary N) is 3. The smallest absolute Gasteiger partial charge is 0.156 e. The van der Waals surface area contributed by atoms with E-state index in [4.69, 9.17) is 17.0 Å². The molecular weight excluding hydrogens is 436 g/mol. The monoisotopic (exact) mass is 470 g/mol. The van der Waals surface area contributed by atoms with E-state index < -0.39 is 0 Å². The Morgan fingerprint density at radius 1 is 1.39 bits per heavy atom. The SMILES string of the molecule is CCC[C@@H]1C(C/C=N/c2nc(NCC(=N)/C=C\NCC3=NCC=C3)c(Cl)cc2C)CC[C@@H]1O. The molecule has 0 saturated heterocycles. The van der Waals surface area contributed by atoms with Gasteiger partial charge in [-0.15, -0.1) is 0 Å². The van der Waals surface area contributed by atoms with Gasteiger partial charge in [-0.05, 0) is 74.4 Å². The lowest BCUT2D eigenvalue weighted by atomic mass is 9.88. The molecule has 8 heteroatoms. The molecule has 1 fully saturated rings. The molecular formula is C25H35ClN6O. The van der Waals surface area contributed by atoms with Gasteiger partial charge in [-0.3, -0.25) is 4.99 Å². The Balaban J connectivity index is 1.52. The van der Waals surface area contributed by atoms with Crippen molar-refractivity contribution in [3.63, 3.8) is 0 Å². The van der Waals surface area contributed by atoms with Crippen LogP contribution in [0.15, 0.2) is 40.5 Å². The summed E-state index contributed by atoms with van der Waals surface area (Å²) in [6, 6.07) is 1.85. The van der Waals surface area contributed by atoms with Crippen molar-refractivity contribution in [3.8, 4) is 0 Å². The largest absolute Gasteiger partial charge is 0.393 e. The zero-order valence-corrected chi connectivity index (χ0v) is 20.3. The number of pyridine rings is 1. The quantitative estimate of drug-likeness (QED) is 0.327. The van der Waals surface area contributed by atoms with Crippen molar-refractivity contribution in [2.45, 2.75) is 52.1 Å².